The Kier molecular flexibility index (Phi) is 6.29. The topological polar surface area (TPSA) is 264 Å². The summed E-state index contributed by atoms with van der Waals surface area (Å²) in [5, 5.41) is 96.9. The highest BCUT2D eigenvalue weighted by molar-refractivity contribution is 5.92. The highest BCUT2D eigenvalue weighted by Gasteiger charge is 2.75. The van der Waals surface area contributed by atoms with Crippen LogP contribution in [0.5, 0.6) is 0 Å². The fraction of sp³-hybridized carbons (Fsp3) is 0.846. The molecule has 15 nitrogen and oxygen atoms in total. The molecule has 2 aliphatic heterocycles. The zero-order valence-electron chi connectivity index (χ0n) is 13.8. The van der Waals surface area contributed by atoms with E-state index in [0.717, 1.165) is 0 Å². The predicted octanol–water partition coefficient (Wildman–Crippen LogP) is -6.53. The van der Waals surface area contributed by atoms with Crippen molar-refractivity contribution in [2.24, 2.45) is 0 Å². The molecule has 162 valence electrons. The summed E-state index contributed by atoms with van der Waals surface area (Å²) in [6.45, 7) is -1.72. The Bertz CT molecular complexity index is 613. The Morgan fingerprint density at radius 2 is 1.39 bits per heavy atom. The lowest BCUT2D eigenvalue weighted by atomic mass is 9.73. The first-order chi connectivity index (χ1) is 12.9. The van der Waals surface area contributed by atoms with E-state index in [9.17, 15) is 60.7 Å². The van der Waals surface area contributed by atoms with Crippen LogP contribution in [0.1, 0.15) is 0 Å². The van der Waals surface area contributed by atoms with Gasteiger partial charge < -0.3 is 65.3 Å². The van der Waals surface area contributed by atoms with Gasteiger partial charge in [-0.1, -0.05) is 0 Å². The predicted molar refractivity (Wildman–Crippen MR) is 76.9 cm³/mol. The quantitative estimate of drug-likeness (QED) is 0.200. The summed E-state index contributed by atoms with van der Waals surface area (Å²) in [6, 6.07) is 0. The van der Waals surface area contributed by atoms with E-state index in [1.165, 1.54) is 0 Å². The maximum absolute atomic E-state index is 12.0. The molecule has 0 aliphatic carbocycles. The van der Waals surface area contributed by atoms with Crippen LogP contribution >= 0.6 is 0 Å². The van der Waals surface area contributed by atoms with E-state index in [-0.39, 0.29) is 0 Å². The summed E-state index contributed by atoms with van der Waals surface area (Å²) in [5.74, 6) is -4.60. The van der Waals surface area contributed by atoms with Crippen LogP contribution < -0.4 is 0 Å². The SMILES string of the molecule is O=C(O)[C@]1(CO)O[C@@H](O)[C@H](O)[C@H](O)[C@@]1(O[C@@H]1O[C@H](O)[C@@H](O)[C@H](O)[C@H]1O)C(=O)O. The molecule has 28 heavy (non-hydrogen) atoms. The molecule has 2 fully saturated rings. The molecule has 0 aromatic carbocycles. The molecule has 2 heterocycles. The summed E-state index contributed by atoms with van der Waals surface area (Å²) < 4.78 is 14.1. The van der Waals surface area contributed by atoms with Crippen LogP contribution in [0.25, 0.3) is 0 Å². The van der Waals surface area contributed by atoms with Crippen molar-refractivity contribution in [1.29, 1.82) is 0 Å². The molecule has 0 bridgehead atoms. The van der Waals surface area contributed by atoms with Crippen LogP contribution in [-0.4, -0.2) is 130 Å². The van der Waals surface area contributed by atoms with E-state index < -0.39 is 79.1 Å². The minimum absolute atomic E-state index is 1.72. The van der Waals surface area contributed by atoms with Gasteiger partial charge in [-0.2, -0.15) is 0 Å². The second-order valence-electron chi connectivity index (χ2n) is 6.26. The maximum Gasteiger partial charge on any atom is 0.342 e. The second-order valence-corrected chi connectivity index (χ2v) is 6.26. The number of aliphatic hydroxyl groups excluding tert-OH is 8. The number of aliphatic hydroxyl groups is 8. The monoisotopic (exact) mass is 416 g/mol. The van der Waals surface area contributed by atoms with Gasteiger partial charge >= 0.3 is 11.9 Å². The Hall–Kier alpha value is -1.50. The number of rotatable bonds is 5. The van der Waals surface area contributed by atoms with Gasteiger partial charge in [-0.05, 0) is 0 Å². The lowest BCUT2D eigenvalue weighted by molar-refractivity contribution is -0.409. The van der Waals surface area contributed by atoms with Crippen molar-refractivity contribution in [1.82, 2.24) is 0 Å². The number of aliphatic carboxylic acids is 2. The molecule has 10 N–H and O–H groups in total. The van der Waals surface area contributed by atoms with Crippen molar-refractivity contribution in [3.8, 4) is 0 Å². The third-order valence-electron chi connectivity index (χ3n) is 4.69. The Morgan fingerprint density at radius 3 is 1.86 bits per heavy atom. The van der Waals surface area contributed by atoms with Crippen LogP contribution in [-0.2, 0) is 23.8 Å². The standard InChI is InChI=1S/C13H20O15/c14-1-12(10(22)23)13(11(24)25,6(19)5(18)8(21)27-12)28-9-4(17)2(15)3(16)7(20)26-9/h2-9,14-21H,1H2,(H,22,23)(H,24,25)/t2-,3-,4+,5+,6-,7-,8+,9-,12-,13+/m0/s1. The van der Waals surface area contributed by atoms with E-state index in [0.29, 0.717) is 0 Å². The van der Waals surface area contributed by atoms with Gasteiger partial charge in [0.2, 0.25) is 11.2 Å². The molecule has 2 rings (SSSR count). The minimum Gasteiger partial charge on any atom is -0.479 e. The molecule has 0 unspecified atom stereocenters. The smallest absolute Gasteiger partial charge is 0.342 e. The van der Waals surface area contributed by atoms with Crippen molar-refractivity contribution in [3.63, 3.8) is 0 Å². The van der Waals surface area contributed by atoms with Gasteiger partial charge in [0.1, 0.15) is 30.5 Å². The molecule has 0 radical (unpaired) electrons. The molecule has 15 heteroatoms. The molecule has 2 saturated heterocycles. The highest BCUT2D eigenvalue weighted by atomic mass is 16.8. The molecular formula is C13H20O15. The summed E-state index contributed by atoms with van der Waals surface area (Å²) in [5.41, 5.74) is -7.06. The first-order valence-electron chi connectivity index (χ1n) is 7.72. The van der Waals surface area contributed by atoms with Crippen LogP contribution in [0, 0.1) is 0 Å². The van der Waals surface area contributed by atoms with E-state index in [1.54, 1.807) is 0 Å². The minimum atomic E-state index is -3.63. The Morgan fingerprint density at radius 1 is 0.821 bits per heavy atom. The molecular weight excluding hydrogens is 396 g/mol. The first-order valence-corrected chi connectivity index (χ1v) is 7.72. The molecule has 0 aromatic rings. The lowest BCUT2D eigenvalue weighted by Gasteiger charge is -2.53. The lowest BCUT2D eigenvalue weighted by Crippen LogP contribution is -2.81. The Labute approximate surface area is 155 Å². The molecule has 0 saturated carbocycles. The van der Waals surface area contributed by atoms with Crippen molar-refractivity contribution in [2.45, 2.75) is 60.6 Å². The zero-order valence-corrected chi connectivity index (χ0v) is 13.8. The average Bonchev–Trinajstić information content (AvgIpc) is 2.63. The number of ether oxygens (including phenoxy) is 3. The largest absolute Gasteiger partial charge is 0.479 e. The number of carboxylic acid groups (broad SMARTS) is 2. The number of hydrogen-bond donors (Lipinski definition) is 10. The summed E-state index contributed by atoms with van der Waals surface area (Å²) >= 11 is 0. The average molecular weight is 416 g/mol. The molecule has 0 amide bonds. The fourth-order valence-electron chi connectivity index (χ4n) is 3.06. The van der Waals surface area contributed by atoms with Gasteiger partial charge in [0.15, 0.2) is 18.9 Å². The summed E-state index contributed by atoms with van der Waals surface area (Å²) in [4.78, 5) is 23.7. The summed E-state index contributed by atoms with van der Waals surface area (Å²) in [7, 11) is 0. The van der Waals surface area contributed by atoms with Crippen molar-refractivity contribution in [2.75, 3.05) is 6.61 Å². The van der Waals surface area contributed by atoms with Crippen LogP contribution in [0.2, 0.25) is 0 Å². The van der Waals surface area contributed by atoms with E-state index in [2.05, 4.69) is 9.47 Å². The van der Waals surface area contributed by atoms with Gasteiger partial charge in [-0.25, -0.2) is 9.59 Å². The number of carbonyl (C=O) groups is 2. The van der Waals surface area contributed by atoms with Crippen molar-refractivity contribution in [3.05, 3.63) is 0 Å². The highest BCUT2D eigenvalue weighted by Crippen LogP contribution is 2.43. The van der Waals surface area contributed by atoms with Gasteiger partial charge in [0, 0.05) is 0 Å². The van der Waals surface area contributed by atoms with E-state index in [1.807, 2.05) is 0 Å². The Balaban J connectivity index is 2.60. The molecule has 10 atom stereocenters. The van der Waals surface area contributed by atoms with Crippen molar-refractivity contribution < 1.29 is 74.9 Å². The summed E-state index contributed by atoms with van der Waals surface area (Å²) in [6.07, 6.45) is -18.8. The van der Waals surface area contributed by atoms with Gasteiger partial charge in [-0.15, -0.1) is 0 Å². The maximum atomic E-state index is 12.0. The fourth-order valence-corrected chi connectivity index (χ4v) is 3.06. The molecule has 0 spiro atoms. The second kappa shape index (κ2) is 7.73. The van der Waals surface area contributed by atoms with E-state index in [4.69, 9.17) is 4.74 Å². The van der Waals surface area contributed by atoms with Crippen LogP contribution in [0.4, 0.5) is 0 Å². The van der Waals surface area contributed by atoms with Gasteiger partial charge in [-0.3, -0.25) is 0 Å². The third kappa shape index (κ3) is 3.06. The molecule has 2 aliphatic rings. The third-order valence-corrected chi connectivity index (χ3v) is 4.69. The van der Waals surface area contributed by atoms with Crippen molar-refractivity contribution >= 4 is 11.9 Å². The van der Waals surface area contributed by atoms with Gasteiger partial charge in [0.05, 0.1) is 6.61 Å². The van der Waals surface area contributed by atoms with Crippen LogP contribution in [0.3, 0.4) is 0 Å². The van der Waals surface area contributed by atoms with Gasteiger partial charge in [0.25, 0.3) is 0 Å². The van der Waals surface area contributed by atoms with E-state index >= 15 is 0 Å². The molecule has 0 aromatic heterocycles. The zero-order chi connectivity index (χ0) is 21.6. The normalized spacial score (nSPS) is 49.6. The number of carboxylic acids is 2. The van der Waals surface area contributed by atoms with Crippen LogP contribution in [0.15, 0.2) is 0 Å². The number of hydrogen-bond acceptors (Lipinski definition) is 13. The first kappa shape index (κ1) is 22.8.